The van der Waals surface area contributed by atoms with Crippen molar-refractivity contribution in [2.45, 2.75) is 25.5 Å². The Labute approximate surface area is 134 Å². The van der Waals surface area contributed by atoms with Crippen LogP contribution in [-0.4, -0.2) is 21.6 Å². The van der Waals surface area contributed by atoms with Gasteiger partial charge in [0, 0.05) is 6.61 Å². The number of rotatable bonds is 3. The van der Waals surface area contributed by atoms with E-state index in [-0.39, 0.29) is 6.10 Å². The molecule has 0 saturated carbocycles. The van der Waals surface area contributed by atoms with Gasteiger partial charge in [-0.15, -0.1) is 5.10 Å². The molecule has 4 rings (SSSR count). The van der Waals surface area contributed by atoms with Crippen LogP contribution >= 0.6 is 0 Å². The van der Waals surface area contributed by atoms with Gasteiger partial charge in [0.15, 0.2) is 5.69 Å². The first-order valence-electron chi connectivity index (χ1n) is 7.78. The first kappa shape index (κ1) is 13.9. The minimum absolute atomic E-state index is 0.0744. The van der Waals surface area contributed by atoms with E-state index in [4.69, 9.17) is 4.74 Å². The molecule has 23 heavy (non-hydrogen) atoms. The summed E-state index contributed by atoms with van der Waals surface area (Å²) in [6, 6.07) is 16.7. The molecule has 1 aliphatic heterocycles. The highest BCUT2D eigenvalue weighted by molar-refractivity contribution is 5.85. The summed E-state index contributed by atoms with van der Waals surface area (Å²) in [6.45, 7) is 1.32. The van der Waals surface area contributed by atoms with Crippen molar-refractivity contribution in [2.75, 3.05) is 6.61 Å². The van der Waals surface area contributed by atoms with Gasteiger partial charge in [-0.2, -0.15) is 5.26 Å². The molecule has 114 valence electrons. The predicted molar refractivity (Wildman–Crippen MR) is 85.7 cm³/mol. The molecular formula is C18H16N4O. The molecule has 1 fully saturated rings. The van der Waals surface area contributed by atoms with Crippen LogP contribution in [0, 0.1) is 11.3 Å². The van der Waals surface area contributed by atoms with Crippen molar-refractivity contribution < 1.29 is 4.74 Å². The minimum Gasteiger partial charge on any atom is -0.372 e. The lowest BCUT2D eigenvalue weighted by Gasteiger charge is -2.13. The average molecular weight is 304 g/mol. The molecule has 5 nitrogen and oxygen atoms in total. The Morgan fingerprint density at radius 2 is 2.09 bits per heavy atom. The Balaban J connectivity index is 1.77. The first-order valence-corrected chi connectivity index (χ1v) is 7.78. The summed E-state index contributed by atoms with van der Waals surface area (Å²) in [7, 11) is 0. The molecule has 0 N–H and O–H groups in total. The second-order valence-electron chi connectivity index (χ2n) is 5.73. The van der Waals surface area contributed by atoms with Gasteiger partial charge in [-0.3, -0.25) is 0 Å². The monoisotopic (exact) mass is 304 g/mol. The van der Waals surface area contributed by atoms with E-state index in [0.29, 0.717) is 12.2 Å². The fraction of sp³-hybridized carbons (Fsp3) is 0.278. The fourth-order valence-corrected chi connectivity index (χ4v) is 3.22. The molecule has 0 bridgehead atoms. The Kier molecular flexibility index (Phi) is 3.52. The van der Waals surface area contributed by atoms with Crippen LogP contribution in [-0.2, 0) is 11.3 Å². The van der Waals surface area contributed by atoms with Crippen LogP contribution < -0.4 is 0 Å². The zero-order valence-electron chi connectivity index (χ0n) is 12.6. The number of nitrogens with zero attached hydrogens (tertiary/aromatic N) is 4. The van der Waals surface area contributed by atoms with Crippen LogP contribution in [0.25, 0.3) is 10.8 Å². The first-order chi connectivity index (χ1) is 11.4. The van der Waals surface area contributed by atoms with Crippen LogP contribution in [0.1, 0.15) is 35.9 Å². The van der Waals surface area contributed by atoms with Crippen molar-refractivity contribution in [3.05, 3.63) is 59.4 Å². The third kappa shape index (κ3) is 2.47. The highest BCUT2D eigenvalue weighted by Crippen LogP contribution is 2.30. The third-order valence-corrected chi connectivity index (χ3v) is 4.31. The largest absolute Gasteiger partial charge is 0.372 e. The molecule has 2 aromatic carbocycles. The Morgan fingerprint density at radius 3 is 2.91 bits per heavy atom. The number of ether oxygens (including phenoxy) is 1. The number of fused-ring (bicyclic) bond motifs is 1. The van der Waals surface area contributed by atoms with Gasteiger partial charge < -0.3 is 4.74 Å². The van der Waals surface area contributed by atoms with Crippen molar-refractivity contribution in [3.8, 4) is 6.07 Å². The Bertz CT molecular complexity index is 882. The maximum Gasteiger partial charge on any atom is 0.188 e. The van der Waals surface area contributed by atoms with Crippen molar-refractivity contribution in [1.29, 1.82) is 5.26 Å². The van der Waals surface area contributed by atoms with Gasteiger partial charge in [0.25, 0.3) is 0 Å². The van der Waals surface area contributed by atoms with Crippen molar-refractivity contribution >= 4 is 10.8 Å². The van der Waals surface area contributed by atoms with Crippen LogP contribution in [0.15, 0.2) is 42.5 Å². The maximum absolute atomic E-state index is 9.31. The molecule has 1 aliphatic rings. The summed E-state index contributed by atoms with van der Waals surface area (Å²) in [5.74, 6) is 0. The summed E-state index contributed by atoms with van der Waals surface area (Å²) in [4.78, 5) is 0. The number of aromatic nitrogens is 3. The standard InChI is InChI=1S/C18H16N4O/c19-11-16-18(17-9-4-10-23-17)22(21-20-16)12-14-7-3-6-13-5-1-2-8-15(13)14/h1-3,5-8,17H,4,9-10,12H2. The van der Waals surface area contributed by atoms with Gasteiger partial charge in [0.05, 0.1) is 6.54 Å². The summed E-state index contributed by atoms with van der Waals surface area (Å²) in [5, 5.41) is 19.9. The molecule has 5 heteroatoms. The lowest BCUT2D eigenvalue weighted by atomic mass is 10.0. The van der Waals surface area contributed by atoms with E-state index in [1.807, 2.05) is 22.9 Å². The zero-order valence-corrected chi connectivity index (χ0v) is 12.6. The summed E-state index contributed by atoms with van der Waals surface area (Å²) >= 11 is 0. The molecular weight excluding hydrogens is 288 g/mol. The topological polar surface area (TPSA) is 63.7 Å². The van der Waals surface area contributed by atoms with Crippen molar-refractivity contribution in [1.82, 2.24) is 15.0 Å². The van der Waals surface area contributed by atoms with E-state index in [2.05, 4.69) is 40.6 Å². The molecule has 1 saturated heterocycles. The lowest BCUT2D eigenvalue weighted by molar-refractivity contribution is 0.104. The minimum atomic E-state index is -0.0744. The number of nitriles is 1. The lowest BCUT2D eigenvalue weighted by Crippen LogP contribution is -2.11. The smallest absolute Gasteiger partial charge is 0.188 e. The van der Waals surface area contributed by atoms with Gasteiger partial charge in [0.1, 0.15) is 17.9 Å². The van der Waals surface area contributed by atoms with Gasteiger partial charge in [-0.05, 0) is 29.2 Å². The second kappa shape index (κ2) is 5.82. The zero-order chi connectivity index (χ0) is 15.6. The van der Waals surface area contributed by atoms with Crippen molar-refractivity contribution in [2.24, 2.45) is 0 Å². The molecule has 0 spiro atoms. The van der Waals surface area contributed by atoms with Crippen LogP contribution in [0.2, 0.25) is 0 Å². The molecule has 0 radical (unpaired) electrons. The van der Waals surface area contributed by atoms with E-state index in [0.717, 1.165) is 30.7 Å². The third-order valence-electron chi connectivity index (χ3n) is 4.31. The molecule has 0 aliphatic carbocycles. The van der Waals surface area contributed by atoms with Crippen LogP contribution in [0.5, 0.6) is 0 Å². The van der Waals surface area contributed by atoms with E-state index in [1.54, 1.807) is 0 Å². The van der Waals surface area contributed by atoms with Gasteiger partial charge >= 0.3 is 0 Å². The molecule has 1 atom stereocenters. The van der Waals surface area contributed by atoms with Gasteiger partial charge in [-0.25, -0.2) is 4.68 Å². The van der Waals surface area contributed by atoms with E-state index < -0.39 is 0 Å². The fourth-order valence-electron chi connectivity index (χ4n) is 3.22. The molecule has 3 aromatic rings. The van der Waals surface area contributed by atoms with Crippen LogP contribution in [0.3, 0.4) is 0 Å². The van der Waals surface area contributed by atoms with E-state index >= 15 is 0 Å². The number of benzene rings is 2. The molecule has 0 amide bonds. The highest BCUT2D eigenvalue weighted by atomic mass is 16.5. The van der Waals surface area contributed by atoms with E-state index in [1.165, 1.54) is 10.8 Å². The predicted octanol–water partition coefficient (Wildman–Crippen LogP) is 3.20. The van der Waals surface area contributed by atoms with Crippen LogP contribution in [0.4, 0.5) is 0 Å². The summed E-state index contributed by atoms with van der Waals surface area (Å²) < 4.78 is 7.57. The van der Waals surface area contributed by atoms with E-state index in [9.17, 15) is 5.26 Å². The highest BCUT2D eigenvalue weighted by Gasteiger charge is 2.26. The Morgan fingerprint density at radius 1 is 1.22 bits per heavy atom. The summed E-state index contributed by atoms with van der Waals surface area (Å²) in [5.41, 5.74) is 2.34. The van der Waals surface area contributed by atoms with Gasteiger partial charge in [-0.1, -0.05) is 47.7 Å². The Hall–Kier alpha value is -2.71. The van der Waals surface area contributed by atoms with Gasteiger partial charge in [0.2, 0.25) is 0 Å². The quantitative estimate of drug-likeness (QED) is 0.745. The average Bonchev–Trinajstić information content (AvgIpc) is 3.24. The molecule has 1 aromatic heterocycles. The molecule has 1 unspecified atom stereocenters. The number of hydrogen-bond acceptors (Lipinski definition) is 4. The second-order valence-corrected chi connectivity index (χ2v) is 5.73. The van der Waals surface area contributed by atoms with Crippen molar-refractivity contribution in [3.63, 3.8) is 0 Å². The SMILES string of the molecule is N#Cc1nnn(Cc2cccc3ccccc23)c1C1CCCO1. The maximum atomic E-state index is 9.31. The molecule has 2 heterocycles. The number of hydrogen-bond donors (Lipinski definition) is 0. The summed E-state index contributed by atoms with van der Waals surface area (Å²) in [6.07, 6.45) is 1.85. The normalized spacial score (nSPS) is 17.4.